The van der Waals surface area contributed by atoms with Gasteiger partial charge in [-0.1, -0.05) is 235 Å². The largest absolute Gasteiger partial charge is 0.394 e. The molecular formula is C63H113NO13. The van der Waals surface area contributed by atoms with Crippen molar-refractivity contribution in [2.45, 2.75) is 312 Å². The fourth-order valence-corrected chi connectivity index (χ4v) is 9.99. The number of hydrogen-bond donors (Lipinski definition) is 9. The van der Waals surface area contributed by atoms with Crippen LogP contribution in [0.2, 0.25) is 0 Å². The predicted octanol–water partition coefficient (Wildman–Crippen LogP) is 10.9. The summed E-state index contributed by atoms with van der Waals surface area (Å²) in [6, 6.07) is -0.931. The molecule has 77 heavy (non-hydrogen) atoms. The fraction of sp³-hybridized carbons (Fsp3) is 0.825. The number of aliphatic hydroxyl groups is 8. The monoisotopic (exact) mass is 1090 g/mol. The van der Waals surface area contributed by atoms with Crippen molar-refractivity contribution in [2.75, 3.05) is 19.8 Å². The van der Waals surface area contributed by atoms with Crippen LogP contribution in [0, 0.1) is 0 Å². The maximum absolute atomic E-state index is 13.2. The second-order valence-corrected chi connectivity index (χ2v) is 21.8. The average Bonchev–Trinajstić information content (AvgIpc) is 3.44. The van der Waals surface area contributed by atoms with Crippen LogP contribution in [0.3, 0.4) is 0 Å². The van der Waals surface area contributed by atoms with Gasteiger partial charge in [-0.15, -0.1) is 0 Å². The first-order valence-electron chi connectivity index (χ1n) is 31.0. The van der Waals surface area contributed by atoms with E-state index in [2.05, 4.69) is 67.8 Å². The summed E-state index contributed by atoms with van der Waals surface area (Å²) in [6.45, 7) is 2.68. The van der Waals surface area contributed by atoms with E-state index in [1.165, 1.54) is 141 Å². The van der Waals surface area contributed by atoms with Crippen molar-refractivity contribution in [2.24, 2.45) is 0 Å². The van der Waals surface area contributed by atoms with Gasteiger partial charge in [0.2, 0.25) is 5.91 Å². The van der Waals surface area contributed by atoms with Crippen molar-refractivity contribution in [3.8, 4) is 0 Å². The molecule has 2 heterocycles. The molecule has 0 aromatic rings. The Bertz CT molecular complexity index is 1520. The molecule has 0 bridgehead atoms. The van der Waals surface area contributed by atoms with Crippen molar-refractivity contribution in [3.05, 3.63) is 60.8 Å². The Morgan fingerprint density at radius 1 is 0.481 bits per heavy atom. The Morgan fingerprint density at radius 2 is 0.896 bits per heavy atom. The number of carbonyl (C=O) groups excluding carboxylic acids is 1. The molecule has 9 N–H and O–H groups in total. The molecular weight excluding hydrogens is 979 g/mol. The highest BCUT2D eigenvalue weighted by atomic mass is 16.7. The van der Waals surface area contributed by atoms with Gasteiger partial charge in [-0.3, -0.25) is 4.79 Å². The summed E-state index contributed by atoms with van der Waals surface area (Å²) in [5.41, 5.74) is 0. The molecule has 0 saturated carbocycles. The third-order valence-corrected chi connectivity index (χ3v) is 15.0. The van der Waals surface area contributed by atoms with E-state index in [1.54, 1.807) is 6.08 Å². The highest BCUT2D eigenvalue weighted by Gasteiger charge is 2.51. The molecule has 2 aliphatic heterocycles. The Kier molecular flexibility index (Phi) is 44.5. The van der Waals surface area contributed by atoms with Crippen LogP contribution in [-0.4, -0.2) is 140 Å². The van der Waals surface area contributed by atoms with Gasteiger partial charge >= 0.3 is 0 Å². The van der Waals surface area contributed by atoms with Crippen LogP contribution in [0.5, 0.6) is 0 Å². The SMILES string of the molecule is CC/C=C\C/C=C\C/C=C\C/C=C\CCCCCCC(=O)NC(COC1OC(CO)C(OC2OC(CO)C(O)C(O)C2O)C(O)C1O)C(O)/C=C/CCCCCCCCCCCCCCCCCCCCCCCCCC. The first-order chi connectivity index (χ1) is 37.6. The smallest absolute Gasteiger partial charge is 0.220 e. The van der Waals surface area contributed by atoms with Gasteiger partial charge in [0.25, 0.3) is 0 Å². The first kappa shape index (κ1) is 70.8. The number of aliphatic hydroxyl groups excluding tert-OH is 8. The van der Waals surface area contributed by atoms with Gasteiger partial charge in [0.1, 0.15) is 48.8 Å². The van der Waals surface area contributed by atoms with E-state index in [1.807, 2.05) is 6.08 Å². The normalized spacial score (nSPS) is 25.1. The van der Waals surface area contributed by atoms with Gasteiger partial charge in [-0.05, 0) is 57.8 Å². The van der Waals surface area contributed by atoms with E-state index < -0.39 is 86.8 Å². The summed E-state index contributed by atoms with van der Waals surface area (Å²) in [4.78, 5) is 13.2. The maximum Gasteiger partial charge on any atom is 0.220 e. The number of carbonyl (C=O) groups is 1. The first-order valence-corrected chi connectivity index (χ1v) is 31.0. The van der Waals surface area contributed by atoms with Gasteiger partial charge < -0.3 is 65.1 Å². The van der Waals surface area contributed by atoms with Gasteiger partial charge in [0.15, 0.2) is 12.6 Å². The standard InChI is InChI=1S/C63H113NO13/c1-3-5-7-9-11-13-15-17-19-21-22-23-24-25-26-27-28-29-31-32-34-36-38-40-42-44-46-52(67)51(64-55(68)47-45-43-41-39-37-35-33-30-20-18-16-14-12-10-8-6-4-2)50-74-62-60(73)58(71)61(54(49-66)76-62)77-63-59(72)57(70)56(69)53(48-65)75-63/h6,8,12,14,18,20,33,35,44,46,51-54,56-63,65-67,69-73H,3-5,7,9-11,13,15-17,19,21-32,34,36-43,45,47-50H2,1-2H3,(H,64,68)/b8-6-,14-12-,20-18-,35-33-,46-44+. The molecule has 2 aliphatic rings. The summed E-state index contributed by atoms with van der Waals surface area (Å²) < 4.78 is 22.8. The van der Waals surface area contributed by atoms with Crippen LogP contribution in [0.15, 0.2) is 60.8 Å². The predicted molar refractivity (Wildman–Crippen MR) is 309 cm³/mol. The Labute approximate surface area is 466 Å². The quantitative estimate of drug-likeness (QED) is 0.0204. The van der Waals surface area contributed by atoms with Crippen molar-refractivity contribution in [1.29, 1.82) is 0 Å². The van der Waals surface area contributed by atoms with E-state index in [4.69, 9.17) is 18.9 Å². The lowest BCUT2D eigenvalue weighted by Gasteiger charge is -2.46. The van der Waals surface area contributed by atoms with E-state index in [9.17, 15) is 45.6 Å². The average molecular weight is 1090 g/mol. The Hall–Kier alpha value is -2.31. The van der Waals surface area contributed by atoms with Gasteiger partial charge in [0, 0.05) is 6.42 Å². The molecule has 14 heteroatoms. The molecule has 0 aromatic carbocycles. The van der Waals surface area contributed by atoms with Crippen molar-refractivity contribution < 1.29 is 64.6 Å². The molecule has 0 aromatic heterocycles. The van der Waals surface area contributed by atoms with Crippen LogP contribution in [0.4, 0.5) is 0 Å². The van der Waals surface area contributed by atoms with Crippen LogP contribution in [0.1, 0.15) is 239 Å². The summed E-state index contributed by atoms with van der Waals surface area (Å²) in [7, 11) is 0. The Morgan fingerprint density at radius 3 is 1.38 bits per heavy atom. The van der Waals surface area contributed by atoms with Crippen LogP contribution in [-0.2, 0) is 23.7 Å². The lowest BCUT2D eigenvalue weighted by Crippen LogP contribution is -2.65. The van der Waals surface area contributed by atoms with E-state index in [0.29, 0.717) is 6.42 Å². The van der Waals surface area contributed by atoms with E-state index >= 15 is 0 Å². The topological polar surface area (TPSA) is 228 Å². The second kappa shape index (κ2) is 48.4. The highest BCUT2D eigenvalue weighted by Crippen LogP contribution is 2.30. The third-order valence-electron chi connectivity index (χ3n) is 15.0. The highest BCUT2D eigenvalue weighted by molar-refractivity contribution is 5.76. The summed E-state index contributed by atoms with van der Waals surface area (Å²) in [5, 5.41) is 87.1. The number of ether oxygens (including phenoxy) is 4. The summed E-state index contributed by atoms with van der Waals surface area (Å²) in [5.74, 6) is -0.263. The summed E-state index contributed by atoms with van der Waals surface area (Å²) in [6.07, 6.45) is 45.5. The lowest BCUT2D eigenvalue weighted by molar-refractivity contribution is -0.359. The number of amides is 1. The van der Waals surface area contributed by atoms with Crippen molar-refractivity contribution in [1.82, 2.24) is 5.32 Å². The minimum absolute atomic E-state index is 0.251. The molecule has 2 rings (SSSR count). The van der Waals surface area contributed by atoms with Crippen molar-refractivity contribution >= 4 is 5.91 Å². The molecule has 2 fully saturated rings. The molecule has 12 unspecified atom stereocenters. The minimum atomic E-state index is -1.79. The van der Waals surface area contributed by atoms with Crippen LogP contribution in [0.25, 0.3) is 0 Å². The second-order valence-electron chi connectivity index (χ2n) is 21.8. The third kappa shape index (κ3) is 33.9. The van der Waals surface area contributed by atoms with E-state index in [-0.39, 0.29) is 18.9 Å². The number of hydrogen-bond acceptors (Lipinski definition) is 13. The zero-order valence-electron chi connectivity index (χ0n) is 48.2. The minimum Gasteiger partial charge on any atom is -0.394 e. The van der Waals surface area contributed by atoms with Crippen molar-refractivity contribution in [3.63, 3.8) is 0 Å². The molecule has 0 aliphatic carbocycles. The molecule has 2 saturated heterocycles. The van der Waals surface area contributed by atoms with E-state index in [0.717, 1.165) is 70.6 Å². The van der Waals surface area contributed by atoms with Gasteiger partial charge in [0.05, 0.1) is 32.0 Å². The Balaban J connectivity index is 1.74. The maximum atomic E-state index is 13.2. The summed E-state index contributed by atoms with van der Waals surface area (Å²) >= 11 is 0. The van der Waals surface area contributed by atoms with Crippen LogP contribution >= 0.6 is 0 Å². The number of allylic oxidation sites excluding steroid dienone is 9. The number of nitrogens with one attached hydrogen (secondary N) is 1. The number of rotatable bonds is 49. The molecule has 12 atom stereocenters. The van der Waals surface area contributed by atoms with Gasteiger partial charge in [-0.25, -0.2) is 0 Å². The van der Waals surface area contributed by atoms with Crippen LogP contribution < -0.4 is 5.32 Å². The molecule has 448 valence electrons. The molecule has 0 spiro atoms. The number of unbranched alkanes of at least 4 members (excludes halogenated alkanes) is 28. The molecule has 14 nitrogen and oxygen atoms in total. The zero-order chi connectivity index (χ0) is 56.0. The fourth-order valence-electron chi connectivity index (χ4n) is 9.99. The molecule has 0 radical (unpaired) electrons. The van der Waals surface area contributed by atoms with Gasteiger partial charge in [-0.2, -0.15) is 0 Å². The lowest BCUT2D eigenvalue weighted by atomic mass is 9.97. The molecule has 1 amide bonds. The zero-order valence-corrected chi connectivity index (χ0v) is 48.2.